The van der Waals surface area contributed by atoms with E-state index in [4.69, 9.17) is 0 Å². The molecule has 7 nitrogen and oxygen atoms in total. The molecule has 0 unspecified atom stereocenters. The van der Waals surface area contributed by atoms with Gasteiger partial charge in [0.25, 0.3) is 5.91 Å². The van der Waals surface area contributed by atoms with Crippen LogP contribution in [0.5, 0.6) is 0 Å². The summed E-state index contributed by atoms with van der Waals surface area (Å²) in [4.78, 5) is 21.0. The molecule has 0 radical (unpaired) electrons. The molecule has 118 valence electrons. The fourth-order valence-corrected chi connectivity index (χ4v) is 3.26. The predicted molar refractivity (Wildman–Crippen MR) is 85.3 cm³/mol. The summed E-state index contributed by atoms with van der Waals surface area (Å²) in [6.45, 7) is 7.17. The third kappa shape index (κ3) is 2.96. The molecule has 0 bridgehead atoms. The highest BCUT2D eigenvalue weighted by Crippen LogP contribution is 2.22. The van der Waals surface area contributed by atoms with Crippen LogP contribution in [-0.2, 0) is 7.05 Å². The number of hydrogen-bond acceptors (Lipinski definition) is 6. The zero-order valence-corrected chi connectivity index (χ0v) is 13.9. The maximum atomic E-state index is 12.4. The molecular weight excluding hydrogens is 300 g/mol. The lowest BCUT2D eigenvalue weighted by Gasteiger charge is -2.34. The van der Waals surface area contributed by atoms with Crippen molar-refractivity contribution >= 4 is 22.6 Å². The molecule has 0 atom stereocenters. The molecule has 1 aliphatic heterocycles. The lowest BCUT2D eigenvalue weighted by Crippen LogP contribution is -2.48. The number of nitrogens with zero attached hydrogens (tertiary/aromatic N) is 6. The van der Waals surface area contributed by atoms with Gasteiger partial charge >= 0.3 is 0 Å². The number of aryl methyl sites for hydroxylation is 1. The Hall–Kier alpha value is -1.96. The normalized spacial score (nSPS) is 15.6. The van der Waals surface area contributed by atoms with Gasteiger partial charge in [-0.2, -0.15) is 9.47 Å². The number of aromatic nitrogens is 4. The maximum absolute atomic E-state index is 12.4. The minimum atomic E-state index is 0.0490. The Morgan fingerprint density at radius 3 is 2.55 bits per heavy atom. The van der Waals surface area contributed by atoms with Gasteiger partial charge in [0.05, 0.1) is 11.8 Å². The summed E-state index contributed by atoms with van der Waals surface area (Å²) in [7, 11) is 1.82. The van der Waals surface area contributed by atoms with Crippen LogP contribution in [0, 0.1) is 0 Å². The molecule has 3 rings (SSSR count). The Morgan fingerprint density at radius 1 is 1.27 bits per heavy atom. The molecule has 8 heteroatoms. The summed E-state index contributed by atoms with van der Waals surface area (Å²) in [5, 5.41) is 5.01. The van der Waals surface area contributed by atoms with Crippen LogP contribution in [0.15, 0.2) is 12.4 Å². The second-order valence-electron chi connectivity index (χ2n) is 5.77. The topological polar surface area (TPSA) is 67.2 Å². The molecule has 3 heterocycles. The quantitative estimate of drug-likeness (QED) is 0.854. The molecule has 2 aromatic rings. The van der Waals surface area contributed by atoms with Gasteiger partial charge in [0.2, 0.25) is 5.13 Å². The zero-order valence-electron chi connectivity index (χ0n) is 13.1. The van der Waals surface area contributed by atoms with Gasteiger partial charge in [-0.05, 0) is 0 Å². The van der Waals surface area contributed by atoms with Crippen LogP contribution in [0.25, 0.3) is 0 Å². The van der Waals surface area contributed by atoms with E-state index in [1.165, 1.54) is 11.5 Å². The minimum absolute atomic E-state index is 0.0490. The van der Waals surface area contributed by atoms with E-state index < -0.39 is 0 Å². The standard InChI is InChI=1S/C14H20N6OS/c1-10(2)12-16-14(22-17-12)20-6-4-19(5-7-20)13(21)11-8-15-18(3)9-11/h8-10H,4-7H2,1-3H3. The average Bonchev–Trinajstić information content (AvgIpc) is 3.16. The molecule has 0 aromatic carbocycles. The smallest absolute Gasteiger partial charge is 0.257 e. The van der Waals surface area contributed by atoms with Gasteiger partial charge in [0, 0.05) is 56.9 Å². The first-order valence-corrected chi connectivity index (χ1v) is 8.18. The molecule has 1 aliphatic rings. The lowest BCUT2D eigenvalue weighted by atomic mass is 10.2. The van der Waals surface area contributed by atoms with Crippen molar-refractivity contribution < 1.29 is 4.79 Å². The fourth-order valence-electron chi connectivity index (χ4n) is 2.40. The van der Waals surface area contributed by atoms with Crippen LogP contribution in [0.3, 0.4) is 0 Å². The maximum Gasteiger partial charge on any atom is 0.257 e. The van der Waals surface area contributed by atoms with E-state index in [0.29, 0.717) is 24.6 Å². The van der Waals surface area contributed by atoms with Crippen molar-refractivity contribution in [1.29, 1.82) is 0 Å². The van der Waals surface area contributed by atoms with Crippen LogP contribution in [0.4, 0.5) is 5.13 Å². The van der Waals surface area contributed by atoms with E-state index in [0.717, 1.165) is 24.0 Å². The van der Waals surface area contributed by atoms with Crippen LogP contribution >= 0.6 is 11.5 Å². The first kappa shape index (κ1) is 15.0. The van der Waals surface area contributed by atoms with Crippen molar-refractivity contribution in [2.24, 2.45) is 7.05 Å². The molecular formula is C14H20N6OS. The number of carbonyl (C=O) groups excluding carboxylic acids is 1. The molecule has 0 N–H and O–H groups in total. The molecule has 0 aliphatic carbocycles. The Labute approximate surface area is 133 Å². The Bertz CT molecular complexity index is 656. The highest BCUT2D eigenvalue weighted by atomic mass is 32.1. The molecule has 1 saturated heterocycles. The minimum Gasteiger partial charge on any atom is -0.343 e. The number of rotatable bonds is 3. The molecule has 22 heavy (non-hydrogen) atoms. The summed E-state index contributed by atoms with van der Waals surface area (Å²) < 4.78 is 6.04. The number of amides is 1. The van der Waals surface area contributed by atoms with Gasteiger partial charge in [-0.25, -0.2) is 4.98 Å². The van der Waals surface area contributed by atoms with Crippen LogP contribution in [0.1, 0.15) is 35.9 Å². The van der Waals surface area contributed by atoms with Gasteiger partial charge in [0.15, 0.2) is 0 Å². The first-order chi connectivity index (χ1) is 10.5. The monoisotopic (exact) mass is 320 g/mol. The predicted octanol–water partition coefficient (Wildman–Crippen LogP) is 1.36. The van der Waals surface area contributed by atoms with Crippen molar-refractivity contribution in [3.05, 3.63) is 23.8 Å². The molecule has 1 amide bonds. The Morgan fingerprint density at radius 2 is 2.00 bits per heavy atom. The van der Waals surface area contributed by atoms with Gasteiger partial charge < -0.3 is 9.80 Å². The Kier molecular flexibility index (Phi) is 4.10. The van der Waals surface area contributed by atoms with Crippen molar-refractivity contribution in [3.8, 4) is 0 Å². The SMILES string of the molecule is CC(C)c1nsc(N2CCN(C(=O)c3cnn(C)c3)CC2)n1. The van der Waals surface area contributed by atoms with E-state index in [2.05, 4.69) is 33.2 Å². The van der Waals surface area contributed by atoms with Gasteiger partial charge in [0.1, 0.15) is 5.82 Å². The summed E-state index contributed by atoms with van der Waals surface area (Å²) >= 11 is 1.44. The summed E-state index contributed by atoms with van der Waals surface area (Å²) in [5.74, 6) is 1.29. The second kappa shape index (κ2) is 6.04. The van der Waals surface area contributed by atoms with Crippen LogP contribution in [0.2, 0.25) is 0 Å². The van der Waals surface area contributed by atoms with E-state index in [1.54, 1.807) is 17.1 Å². The lowest BCUT2D eigenvalue weighted by molar-refractivity contribution is 0.0746. The number of carbonyl (C=O) groups is 1. The van der Waals surface area contributed by atoms with E-state index in [9.17, 15) is 4.79 Å². The fraction of sp³-hybridized carbons (Fsp3) is 0.571. The first-order valence-electron chi connectivity index (χ1n) is 7.41. The molecule has 0 spiro atoms. The number of anilines is 1. The molecule has 2 aromatic heterocycles. The van der Waals surface area contributed by atoms with E-state index >= 15 is 0 Å². The summed E-state index contributed by atoms with van der Waals surface area (Å²) in [6, 6.07) is 0. The average molecular weight is 320 g/mol. The highest BCUT2D eigenvalue weighted by Gasteiger charge is 2.24. The van der Waals surface area contributed by atoms with Crippen molar-refractivity contribution in [2.45, 2.75) is 19.8 Å². The van der Waals surface area contributed by atoms with Gasteiger partial charge in [-0.15, -0.1) is 0 Å². The van der Waals surface area contributed by atoms with Gasteiger partial charge in [-0.3, -0.25) is 9.48 Å². The highest BCUT2D eigenvalue weighted by molar-refractivity contribution is 7.09. The third-order valence-electron chi connectivity index (χ3n) is 3.74. The Balaban J connectivity index is 1.61. The van der Waals surface area contributed by atoms with Crippen LogP contribution in [-0.4, -0.2) is 56.1 Å². The summed E-state index contributed by atoms with van der Waals surface area (Å²) in [5.41, 5.74) is 0.647. The van der Waals surface area contributed by atoms with E-state index in [1.807, 2.05) is 11.9 Å². The zero-order chi connectivity index (χ0) is 15.7. The second-order valence-corrected chi connectivity index (χ2v) is 6.50. The number of piperazine rings is 1. The van der Waals surface area contributed by atoms with Gasteiger partial charge in [-0.1, -0.05) is 13.8 Å². The van der Waals surface area contributed by atoms with Crippen molar-refractivity contribution in [2.75, 3.05) is 31.1 Å². The molecule has 0 saturated carbocycles. The third-order valence-corrected chi connectivity index (χ3v) is 4.53. The van der Waals surface area contributed by atoms with E-state index in [-0.39, 0.29) is 5.91 Å². The molecule has 1 fully saturated rings. The largest absolute Gasteiger partial charge is 0.343 e. The number of hydrogen-bond donors (Lipinski definition) is 0. The summed E-state index contributed by atoms with van der Waals surface area (Å²) in [6.07, 6.45) is 3.38. The van der Waals surface area contributed by atoms with Crippen LogP contribution < -0.4 is 4.90 Å². The van der Waals surface area contributed by atoms with Crippen molar-refractivity contribution in [1.82, 2.24) is 24.0 Å². The van der Waals surface area contributed by atoms with Crippen molar-refractivity contribution in [3.63, 3.8) is 0 Å².